The van der Waals surface area contributed by atoms with Crippen LogP contribution in [0.4, 0.5) is 10.1 Å². The summed E-state index contributed by atoms with van der Waals surface area (Å²) >= 11 is 0. The second-order valence-electron chi connectivity index (χ2n) is 4.42. The maximum atomic E-state index is 13.1. The van der Waals surface area contributed by atoms with Crippen LogP contribution in [0, 0.1) is 15.9 Å². The molecule has 0 atom stereocenters. The van der Waals surface area contributed by atoms with Crippen molar-refractivity contribution in [2.45, 2.75) is 19.4 Å². The molecule has 0 saturated carbocycles. The average molecular weight is 256 g/mol. The summed E-state index contributed by atoms with van der Waals surface area (Å²) in [5, 5.41) is 22.0. The topological polar surface area (TPSA) is 92.5 Å². The number of benzene rings is 1. The Balaban J connectivity index is 3.01. The first-order valence-electron chi connectivity index (χ1n) is 5.14. The Bertz CT molecular complexity index is 488. The number of halogens is 1. The van der Waals surface area contributed by atoms with Crippen molar-refractivity contribution in [3.63, 3.8) is 0 Å². The normalized spacial score (nSPS) is 11.1. The third kappa shape index (κ3) is 3.24. The number of nitrogens with one attached hydrogen (secondary N) is 1. The molecule has 0 aromatic heterocycles. The van der Waals surface area contributed by atoms with Gasteiger partial charge >= 0.3 is 5.69 Å². The van der Waals surface area contributed by atoms with Gasteiger partial charge in [-0.15, -0.1) is 0 Å². The Morgan fingerprint density at radius 2 is 2.17 bits per heavy atom. The molecule has 0 spiro atoms. The SMILES string of the molecule is CC(C)(CO)NC(=O)c1ccc(F)c([N+](=O)[O-])c1. The first-order chi connectivity index (χ1) is 8.26. The molecule has 0 unspecified atom stereocenters. The number of carbonyl (C=O) groups is 1. The van der Waals surface area contributed by atoms with E-state index in [1.807, 2.05) is 0 Å². The molecule has 0 heterocycles. The molecule has 0 radical (unpaired) electrons. The molecule has 0 aliphatic heterocycles. The van der Waals surface area contributed by atoms with Crippen molar-refractivity contribution in [1.29, 1.82) is 0 Å². The monoisotopic (exact) mass is 256 g/mol. The zero-order chi connectivity index (χ0) is 13.9. The van der Waals surface area contributed by atoms with Crippen molar-refractivity contribution in [1.82, 2.24) is 5.32 Å². The van der Waals surface area contributed by atoms with Gasteiger partial charge < -0.3 is 10.4 Å². The number of hydrogen-bond acceptors (Lipinski definition) is 4. The largest absolute Gasteiger partial charge is 0.394 e. The Hall–Kier alpha value is -2.02. The molecule has 0 aliphatic rings. The predicted octanol–water partition coefficient (Wildman–Crippen LogP) is 1.23. The van der Waals surface area contributed by atoms with E-state index < -0.39 is 27.9 Å². The van der Waals surface area contributed by atoms with Gasteiger partial charge in [0.05, 0.1) is 17.1 Å². The van der Waals surface area contributed by atoms with Gasteiger partial charge in [0.15, 0.2) is 0 Å². The van der Waals surface area contributed by atoms with Gasteiger partial charge in [-0.3, -0.25) is 14.9 Å². The fraction of sp³-hybridized carbons (Fsp3) is 0.364. The summed E-state index contributed by atoms with van der Waals surface area (Å²) in [6.45, 7) is 2.88. The zero-order valence-corrected chi connectivity index (χ0v) is 9.94. The Morgan fingerprint density at radius 1 is 1.56 bits per heavy atom. The minimum absolute atomic E-state index is 0.0374. The molecule has 1 rings (SSSR count). The minimum atomic E-state index is -1.00. The second kappa shape index (κ2) is 5.09. The van der Waals surface area contributed by atoms with Gasteiger partial charge in [-0.2, -0.15) is 4.39 Å². The van der Waals surface area contributed by atoms with Gasteiger partial charge in [0.25, 0.3) is 5.91 Å². The number of nitro groups is 1. The summed E-state index contributed by atoms with van der Waals surface area (Å²) in [4.78, 5) is 21.4. The molecule has 1 aromatic carbocycles. The van der Waals surface area contributed by atoms with E-state index in [9.17, 15) is 19.3 Å². The summed E-state index contributed by atoms with van der Waals surface area (Å²) < 4.78 is 13.1. The summed E-state index contributed by atoms with van der Waals surface area (Å²) in [6.07, 6.45) is 0. The second-order valence-corrected chi connectivity index (χ2v) is 4.42. The molecule has 7 heteroatoms. The molecule has 18 heavy (non-hydrogen) atoms. The van der Waals surface area contributed by atoms with Crippen molar-refractivity contribution < 1.29 is 19.2 Å². The molecular weight excluding hydrogens is 243 g/mol. The molecular formula is C11H13FN2O4. The summed E-state index contributed by atoms with van der Waals surface area (Å²) in [5.74, 6) is -1.62. The molecule has 0 aliphatic carbocycles. The summed E-state index contributed by atoms with van der Waals surface area (Å²) in [5.41, 5.74) is -1.66. The van der Waals surface area contributed by atoms with Crippen LogP contribution < -0.4 is 5.32 Å². The van der Waals surface area contributed by atoms with Crippen LogP contribution in [0.1, 0.15) is 24.2 Å². The Labute approximate surface area is 103 Å². The molecule has 0 bridgehead atoms. The number of aliphatic hydroxyl groups is 1. The van der Waals surface area contributed by atoms with E-state index in [0.29, 0.717) is 0 Å². The fourth-order valence-corrected chi connectivity index (χ4v) is 1.21. The van der Waals surface area contributed by atoms with Crippen molar-refractivity contribution in [3.05, 3.63) is 39.7 Å². The summed E-state index contributed by atoms with van der Waals surface area (Å²) in [7, 11) is 0. The van der Waals surface area contributed by atoms with Crippen LogP contribution in [0.3, 0.4) is 0 Å². The van der Waals surface area contributed by atoms with Crippen LogP contribution in [0.2, 0.25) is 0 Å². The van der Waals surface area contributed by atoms with Crippen molar-refractivity contribution >= 4 is 11.6 Å². The Morgan fingerprint density at radius 3 is 2.67 bits per heavy atom. The first kappa shape index (κ1) is 14.0. The maximum Gasteiger partial charge on any atom is 0.305 e. The van der Waals surface area contributed by atoms with E-state index in [2.05, 4.69) is 5.32 Å². The number of carbonyl (C=O) groups excluding carboxylic acids is 1. The van der Waals surface area contributed by atoms with Crippen molar-refractivity contribution in [3.8, 4) is 0 Å². The van der Waals surface area contributed by atoms with Gasteiger partial charge in [-0.25, -0.2) is 0 Å². The van der Waals surface area contributed by atoms with E-state index in [-0.39, 0.29) is 12.2 Å². The number of nitrogens with zero attached hydrogens (tertiary/aromatic N) is 1. The van der Waals surface area contributed by atoms with Crippen molar-refractivity contribution in [2.24, 2.45) is 0 Å². The predicted molar refractivity (Wildman–Crippen MR) is 61.7 cm³/mol. The standard InChI is InChI=1S/C11H13FN2O4/c1-11(2,6-15)13-10(16)7-3-4-8(12)9(5-7)14(17)18/h3-5,15H,6H2,1-2H3,(H,13,16). The molecule has 98 valence electrons. The Kier molecular flexibility index (Phi) is 3.97. The molecule has 1 amide bonds. The number of rotatable bonds is 4. The lowest BCUT2D eigenvalue weighted by atomic mass is 10.1. The number of amides is 1. The van der Waals surface area contributed by atoms with Gasteiger partial charge in [-0.1, -0.05) is 0 Å². The van der Waals surface area contributed by atoms with Gasteiger partial charge in [-0.05, 0) is 26.0 Å². The lowest BCUT2D eigenvalue weighted by Gasteiger charge is -2.23. The van der Waals surface area contributed by atoms with Crippen LogP contribution in [-0.4, -0.2) is 28.1 Å². The first-order valence-corrected chi connectivity index (χ1v) is 5.14. The highest BCUT2D eigenvalue weighted by molar-refractivity contribution is 5.95. The molecule has 0 saturated heterocycles. The molecule has 0 fully saturated rings. The van der Waals surface area contributed by atoms with Gasteiger partial charge in [0.1, 0.15) is 0 Å². The highest BCUT2D eigenvalue weighted by Gasteiger charge is 2.22. The third-order valence-electron chi connectivity index (χ3n) is 2.25. The van der Waals surface area contributed by atoms with Crippen LogP contribution >= 0.6 is 0 Å². The van der Waals surface area contributed by atoms with E-state index in [4.69, 9.17) is 5.11 Å². The van der Waals surface area contributed by atoms with E-state index in [0.717, 1.165) is 18.2 Å². The quantitative estimate of drug-likeness (QED) is 0.626. The molecule has 2 N–H and O–H groups in total. The highest BCUT2D eigenvalue weighted by Crippen LogP contribution is 2.18. The molecule has 1 aromatic rings. The third-order valence-corrected chi connectivity index (χ3v) is 2.25. The number of nitro benzene ring substituents is 1. The van der Waals surface area contributed by atoms with E-state index >= 15 is 0 Å². The smallest absolute Gasteiger partial charge is 0.305 e. The zero-order valence-electron chi connectivity index (χ0n) is 9.94. The fourth-order valence-electron chi connectivity index (χ4n) is 1.21. The number of aliphatic hydroxyl groups excluding tert-OH is 1. The number of hydrogen-bond donors (Lipinski definition) is 2. The van der Waals surface area contributed by atoms with Crippen LogP contribution in [0.25, 0.3) is 0 Å². The van der Waals surface area contributed by atoms with Crippen LogP contribution in [0.5, 0.6) is 0 Å². The average Bonchev–Trinajstić information content (AvgIpc) is 2.28. The van der Waals surface area contributed by atoms with Crippen LogP contribution in [-0.2, 0) is 0 Å². The van der Waals surface area contributed by atoms with Gasteiger partial charge in [0.2, 0.25) is 5.82 Å². The van der Waals surface area contributed by atoms with Crippen LogP contribution in [0.15, 0.2) is 18.2 Å². The van der Waals surface area contributed by atoms with Gasteiger partial charge in [0, 0.05) is 11.6 Å². The van der Waals surface area contributed by atoms with E-state index in [1.54, 1.807) is 13.8 Å². The van der Waals surface area contributed by atoms with E-state index in [1.165, 1.54) is 0 Å². The maximum absolute atomic E-state index is 13.1. The lowest BCUT2D eigenvalue weighted by molar-refractivity contribution is -0.387. The highest BCUT2D eigenvalue weighted by atomic mass is 19.1. The minimum Gasteiger partial charge on any atom is -0.394 e. The van der Waals surface area contributed by atoms with Crippen molar-refractivity contribution in [2.75, 3.05) is 6.61 Å². The lowest BCUT2D eigenvalue weighted by Crippen LogP contribution is -2.46. The molecule has 6 nitrogen and oxygen atoms in total. The summed E-state index contributed by atoms with van der Waals surface area (Å²) in [6, 6.07) is 2.86.